The normalized spacial score (nSPS) is 10.2. The summed E-state index contributed by atoms with van der Waals surface area (Å²) >= 11 is 0. The molecular formula is C15H15N3O3. The summed E-state index contributed by atoms with van der Waals surface area (Å²) in [5, 5.41) is 8.91. The second-order valence-corrected chi connectivity index (χ2v) is 4.63. The van der Waals surface area contributed by atoms with Crippen molar-refractivity contribution < 1.29 is 14.7 Å². The van der Waals surface area contributed by atoms with Crippen LogP contribution in [0.25, 0.3) is 0 Å². The highest BCUT2D eigenvalue weighted by atomic mass is 16.4. The van der Waals surface area contributed by atoms with E-state index in [1.54, 1.807) is 19.2 Å². The first-order valence-corrected chi connectivity index (χ1v) is 6.23. The first-order valence-electron chi connectivity index (χ1n) is 6.23. The molecule has 1 heterocycles. The van der Waals surface area contributed by atoms with Crippen molar-refractivity contribution in [3.05, 3.63) is 53.3 Å². The number of aromatic nitrogens is 1. The molecule has 0 aliphatic heterocycles. The fourth-order valence-electron chi connectivity index (χ4n) is 1.89. The van der Waals surface area contributed by atoms with Gasteiger partial charge in [-0.3, -0.25) is 9.78 Å². The number of anilines is 2. The number of hydrogen-bond acceptors (Lipinski definition) is 4. The SMILES string of the molecule is Cc1ccc(C(=O)N(C)c2ccc(C(=O)O)cc2N)cn1. The van der Waals surface area contributed by atoms with Gasteiger partial charge in [0.1, 0.15) is 0 Å². The second-order valence-electron chi connectivity index (χ2n) is 4.63. The van der Waals surface area contributed by atoms with Gasteiger partial charge in [-0.05, 0) is 37.3 Å². The van der Waals surface area contributed by atoms with Crippen molar-refractivity contribution in [3.8, 4) is 0 Å². The third kappa shape index (κ3) is 3.00. The van der Waals surface area contributed by atoms with Crippen LogP contribution in [0.1, 0.15) is 26.4 Å². The van der Waals surface area contributed by atoms with Gasteiger partial charge in [0.15, 0.2) is 0 Å². The van der Waals surface area contributed by atoms with Crippen molar-refractivity contribution in [2.45, 2.75) is 6.92 Å². The maximum atomic E-state index is 12.3. The van der Waals surface area contributed by atoms with Crippen molar-refractivity contribution in [1.29, 1.82) is 0 Å². The number of rotatable bonds is 3. The zero-order valence-corrected chi connectivity index (χ0v) is 11.7. The molecule has 21 heavy (non-hydrogen) atoms. The molecule has 0 aliphatic rings. The third-order valence-electron chi connectivity index (χ3n) is 3.10. The fraction of sp³-hybridized carbons (Fsp3) is 0.133. The zero-order valence-electron chi connectivity index (χ0n) is 11.7. The molecular weight excluding hydrogens is 270 g/mol. The maximum Gasteiger partial charge on any atom is 0.335 e. The number of carboxylic acid groups (broad SMARTS) is 1. The van der Waals surface area contributed by atoms with E-state index >= 15 is 0 Å². The molecule has 1 amide bonds. The van der Waals surface area contributed by atoms with E-state index < -0.39 is 5.97 Å². The van der Waals surface area contributed by atoms with Crippen LogP contribution >= 0.6 is 0 Å². The molecule has 3 N–H and O–H groups in total. The van der Waals surface area contributed by atoms with Gasteiger partial charge in [-0.1, -0.05) is 0 Å². The highest BCUT2D eigenvalue weighted by Gasteiger charge is 2.17. The Kier molecular flexibility index (Phi) is 3.89. The molecule has 0 atom stereocenters. The summed E-state index contributed by atoms with van der Waals surface area (Å²) in [4.78, 5) is 28.7. The third-order valence-corrected chi connectivity index (χ3v) is 3.10. The number of nitrogens with two attached hydrogens (primary N) is 1. The molecule has 1 aromatic carbocycles. The lowest BCUT2D eigenvalue weighted by Gasteiger charge is -2.19. The van der Waals surface area contributed by atoms with E-state index in [4.69, 9.17) is 10.8 Å². The zero-order chi connectivity index (χ0) is 15.6. The maximum absolute atomic E-state index is 12.3. The predicted molar refractivity (Wildman–Crippen MR) is 79.5 cm³/mol. The van der Waals surface area contributed by atoms with Gasteiger partial charge in [0.05, 0.1) is 22.5 Å². The number of carbonyl (C=O) groups is 2. The summed E-state index contributed by atoms with van der Waals surface area (Å²) in [6.45, 7) is 1.83. The lowest BCUT2D eigenvalue weighted by molar-refractivity contribution is 0.0697. The van der Waals surface area contributed by atoms with E-state index in [1.807, 2.05) is 6.92 Å². The highest BCUT2D eigenvalue weighted by Crippen LogP contribution is 2.24. The lowest BCUT2D eigenvalue weighted by atomic mass is 10.1. The van der Waals surface area contributed by atoms with E-state index in [9.17, 15) is 9.59 Å². The molecule has 108 valence electrons. The molecule has 0 saturated heterocycles. The van der Waals surface area contributed by atoms with E-state index in [0.29, 0.717) is 11.3 Å². The summed E-state index contributed by atoms with van der Waals surface area (Å²) in [7, 11) is 1.58. The van der Waals surface area contributed by atoms with Gasteiger partial charge in [-0.2, -0.15) is 0 Å². The molecule has 0 fully saturated rings. The quantitative estimate of drug-likeness (QED) is 0.840. The fourth-order valence-corrected chi connectivity index (χ4v) is 1.89. The number of benzene rings is 1. The van der Waals surface area contributed by atoms with Crippen LogP contribution in [0.15, 0.2) is 36.5 Å². The summed E-state index contributed by atoms with van der Waals surface area (Å²) in [6.07, 6.45) is 1.50. The Hall–Kier alpha value is -2.89. The van der Waals surface area contributed by atoms with E-state index in [0.717, 1.165) is 5.69 Å². The molecule has 6 nitrogen and oxygen atoms in total. The van der Waals surface area contributed by atoms with Crippen molar-refractivity contribution in [2.24, 2.45) is 0 Å². The topological polar surface area (TPSA) is 96.5 Å². The summed E-state index contributed by atoms with van der Waals surface area (Å²) < 4.78 is 0. The molecule has 0 spiro atoms. The number of nitrogens with zero attached hydrogens (tertiary/aromatic N) is 2. The van der Waals surface area contributed by atoms with Crippen LogP contribution in [0.3, 0.4) is 0 Å². The predicted octanol–water partition coefficient (Wildman–Crippen LogP) is 1.95. The van der Waals surface area contributed by atoms with Crippen LogP contribution in [0.2, 0.25) is 0 Å². The number of pyridine rings is 1. The second kappa shape index (κ2) is 5.62. The van der Waals surface area contributed by atoms with Gasteiger partial charge >= 0.3 is 5.97 Å². The van der Waals surface area contributed by atoms with Gasteiger partial charge in [-0.25, -0.2) is 4.79 Å². The molecule has 1 aromatic heterocycles. The average Bonchev–Trinajstić information content (AvgIpc) is 2.46. The lowest BCUT2D eigenvalue weighted by Crippen LogP contribution is -2.27. The van der Waals surface area contributed by atoms with E-state index in [2.05, 4.69) is 4.98 Å². The molecule has 6 heteroatoms. The van der Waals surface area contributed by atoms with Gasteiger partial charge in [0.2, 0.25) is 0 Å². The first-order chi connectivity index (χ1) is 9.90. The molecule has 0 unspecified atom stereocenters. The minimum absolute atomic E-state index is 0.0779. The number of carbonyl (C=O) groups excluding carboxylic acids is 1. The van der Waals surface area contributed by atoms with E-state index in [1.165, 1.54) is 29.3 Å². The molecule has 0 bridgehead atoms. The number of aromatic carboxylic acids is 1. The first kappa shape index (κ1) is 14.5. The smallest absolute Gasteiger partial charge is 0.335 e. The minimum atomic E-state index is -1.06. The number of aryl methyl sites for hydroxylation is 1. The summed E-state index contributed by atoms with van der Waals surface area (Å²) in [5.74, 6) is -1.33. The van der Waals surface area contributed by atoms with Crippen molar-refractivity contribution in [1.82, 2.24) is 4.98 Å². The molecule has 0 aliphatic carbocycles. The van der Waals surface area contributed by atoms with Crippen molar-refractivity contribution in [3.63, 3.8) is 0 Å². The Morgan fingerprint density at radius 3 is 2.38 bits per heavy atom. The van der Waals surface area contributed by atoms with Crippen molar-refractivity contribution in [2.75, 3.05) is 17.7 Å². The minimum Gasteiger partial charge on any atom is -0.478 e. The van der Waals surface area contributed by atoms with Crippen molar-refractivity contribution >= 4 is 23.3 Å². The molecule has 2 rings (SSSR count). The van der Waals surface area contributed by atoms with Crippen LogP contribution < -0.4 is 10.6 Å². The standard InChI is InChI=1S/C15H15N3O3/c1-9-3-4-11(8-17-9)14(19)18(2)13-6-5-10(15(20)21)7-12(13)16/h3-8H,16H2,1-2H3,(H,20,21). The van der Waals surface area contributed by atoms with Crippen LogP contribution in [-0.2, 0) is 0 Å². The van der Waals surface area contributed by atoms with Gasteiger partial charge in [0, 0.05) is 18.9 Å². The largest absolute Gasteiger partial charge is 0.478 e. The van der Waals surface area contributed by atoms with Crippen LogP contribution in [0, 0.1) is 6.92 Å². The Morgan fingerprint density at radius 1 is 1.19 bits per heavy atom. The summed E-state index contributed by atoms with van der Waals surface area (Å²) in [6, 6.07) is 7.68. The number of nitrogen functional groups attached to an aromatic ring is 1. The summed E-state index contributed by atoms with van der Waals surface area (Å²) in [5.41, 5.74) is 7.84. The van der Waals surface area contributed by atoms with Crippen LogP contribution in [0.5, 0.6) is 0 Å². The Bertz CT molecular complexity index is 696. The number of hydrogen-bond donors (Lipinski definition) is 2. The average molecular weight is 285 g/mol. The Morgan fingerprint density at radius 2 is 1.86 bits per heavy atom. The Labute approximate surface area is 121 Å². The van der Waals surface area contributed by atoms with Crippen LogP contribution in [-0.4, -0.2) is 29.0 Å². The van der Waals surface area contributed by atoms with Gasteiger partial charge < -0.3 is 15.7 Å². The Balaban J connectivity index is 2.31. The van der Waals surface area contributed by atoms with E-state index in [-0.39, 0.29) is 17.2 Å². The molecule has 2 aromatic rings. The number of carboxylic acids is 1. The van der Waals surface area contributed by atoms with Gasteiger partial charge in [0.25, 0.3) is 5.91 Å². The number of amides is 1. The molecule has 0 saturated carbocycles. The molecule has 0 radical (unpaired) electrons. The van der Waals surface area contributed by atoms with Gasteiger partial charge in [-0.15, -0.1) is 0 Å². The monoisotopic (exact) mass is 285 g/mol. The highest BCUT2D eigenvalue weighted by molar-refractivity contribution is 6.07. The van der Waals surface area contributed by atoms with Crippen LogP contribution in [0.4, 0.5) is 11.4 Å².